The first-order valence-electron chi connectivity index (χ1n) is 9.55. The number of H-pyrrole nitrogens is 1. The zero-order valence-electron chi connectivity index (χ0n) is 15.0. The summed E-state index contributed by atoms with van der Waals surface area (Å²) in [4.78, 5) is 3.82. The smallest absolute Gasteiger partial charge is 0.0552 e. The third-order valence-corrected chi connectivity index (χ3v) is 7.19. The zero-order valence-corrected chi connectivity index (χ0v) is 15.8. The van der Waals surface area contributed by atoms with E-state index in [0.717, 1.165) is 0 Å². The zero-order chi connectivity index (χ0) is 18.2. The van der Waals surface area contributed by atoms with Crippen LogP contribution in [0.2, 0.25) is 0 Å². The molecule has 0 saturated heterocycles. The Morgan fingerprint density at radius 1 is 0.536 bits per heavy atom. The van der Waals surface area contributed by atoms with Gasteiger partial charge in [0.2, 0.25) is 0 Å². The number of thiophene rings is 1. The molecule has 2 heteroatoms. The highest BCUT2D eigenvalue weighted by molar-refractivity contribution is 7.27. The Morgan fingerprint density at radius 3 is 2.14 bits per heavy atom. The molecule has 0 amide bonds. The molecule has 0 aliphatic heterocycles. The number of benzene rings is 5. The molecule has 28 heavy (non-hydrogen) atoms. The molecule has 0 unspecified atom stereocenters. The number of hydrogen-bond donors (Lipinski definition) is 1. The van der Waals surface area contributed by atoms with E-state index in [2.05, 4.69) is 89.9 Å². The molecule has 7 rings (SSSR count). The summed E-state index contributed by atoms with van der Waals surface area (Å²) >= 11 is 1.91. The van der Waals surface area contributed by atoms with Crippen molar-refractivity contribution in [3.8, 4) is 0 Å². The van der Waals surface area contributed by atoms with Crippen LogP contribution in [-0.4, -0.2) is 4.98 Å². The minimum absolute atomic E-state index is 0. The van der Waals surface area contributed by atoms with E-state index in [1.54, 1.807) is 0 Å². The number of aromatic nitrogens is 1. The predicted octanol–water partition coefficient (Wildman–Crippen LogP) is 8.24. The summed E-state index contributed by atoms with van der Waals surface area (Å²) in [5.74, 6) is 0. The van der Waals surface area contributed by atoms with E-state index in [4.69, 9.17) is 0 Å². The second-order valence-corrected chi connectivity index (χ2v) is 8.48. The maximum absolute atomic E-state index is 3.82. The van der Waals surface area contributed by atoms with Crippen molar-refractivity contribution in [1.29, 1.82) is 0 Å². The molecule has 0 atom stereocenters. The van der Waals surface area contributed by atoms with Gasteiger partial charge in [0.25, 0.3) is 0 Å². The molecular formula is C26H17NS. The fourth-order valence-electron chi connectivity index (χ4n) is 4.78. The molecule has 0 aliphatic carbocycles. The minimum Gasteiger partial charge on any atom is -0.353 e. The van der Waals surface area contributed by atoms with Crippen molar-refractivity contribution in [2.75, 3.05) is 0 Å². The monoisotopic (exact) mass is 375 g/mol. The quantitative estimate of drug-likeness (QED) is 0.275. The van der Waals surface area contributed by atoms with Gasteiger partial charge in [0.1, 0.15) is 0 Å². The van der Waals surface area contributed by atoms with Gasteiger partial charge in [-0.05, 0) is 11.5 Å². The van der Waals surface area contributed by atoms with Crippen molar-refractivity contribution >= 4 is 74.9 Å². The molecule has 0 aliphatic rings. The van der Waals surface area contributed by atoms with Crippen LogP contribution >= 0.6 is 11.3 Å². The largest absolute Gasteiger partial charge is 0.353 e. The number of aromatic amines is 1. The van der Waals surface area contributed by atoms with E-state index in [9.17, 15) is 0 Å². The van der Waals surface area contributed by atoms with E-state index in [1.165, 1.54) is 63.5 Å². The van der Waals surface area contributed by atoms with Crippen LogP contribution in [0, 0.1) is 0 Å². The van der Waals surface area contributed by atoms with Crippen molar-refractivity contribution in [1.82, 2.24) is 4.98 Å². The van der Waals surface area contributed by atoms with Crippen LogP contribution < -0.4 is 0 Å². The van der Waals surface area contributed by atoms with Gasteiger partial charge < -0.3 is 4.98 Å². The summed E-state index contributed by atoms with van der Waals surface area (Å²) in [5.41, 5.74) is 2.49. The molecular weight excluding hydrogens is 358 g/mol. The Morgan fingerprint density at radius 2 is 1.25 bits per heavy atom. The average molecular weight is 375 g/mol. The van der Waals surface area contributed by atoms with Crippen LogP contribution in [0.5, 0.6) is 0 Å². The second kappa shape index (κ2) is 5.12. The molecule has 1 nitrogen and oxygen atoms in total. The van der Waals surface area contributed by atoms with Crippen LogP contribution in [0.15, 0.2) is 84.9 Å². The van der Waals surface area contributed by atoms with Gasteiger partial charge in [-0.1, -0.05) is 78.9 Å². The Hall–Kier alpha value is -3.36. The molecule has 2 aromatic heterocycles. The number of hydrogen-bond acceptors (Lipinski definition) is 1. The Kier molecular flexibility index (Phi) is 2.68. The van der Waals surface area contributed by atoms with E-state index in [1.807, 2.05) is 11.3 Å². The van der Waals surface area contributed by atoms with Crippen LogP contribution in [0.4, 0.5) is 0 Å². The Bertz CT molecular complexity index is 1720. The normalized spacial score (nSPS) is 12.3. The van der Waals surface area contributed by atoms with Crippen molar-refractivity contribution < 1.29 is 1.43 Å². The maximum atomic E-state index is 3.82. The second-order valence-electron chi connectivity index (χ2n) is 7.43. The lowest BCUT2D eigenvalue weighted by molar-refractivity contribution is 1.58. The Labute approximate surface area is 166 Å². The lowest BCUT2D eigenvalue weighted by Gasteiger charge is -2.04. The first-order chi connectivity index (χ1) is 13.9. The number of rotatable bonds is 0. The van der Waals surface area contributed by atoms with E-state index < -0.39 is 0 Å². The highest BCUT2D eigenvalue weighted by Gasteiger charge is 2.18. The average Bonchev–Trinajstić information content (AvgIpc) is 3.33. The van der Waals surface area contributed by atoms with Crippen LogP contribution in [0.1, 0.15) is 1.43 Å². The molecule has 2 heterocycles. The van der Waals surface area contributed by atoms with Crippen molar-refractivity contribution in [3.63, 3.8) is 0 Å². The third kappa shape index (κ3) is 1.71. The molecule has 5 aromatic carbocycles. The van der Waals surface area contributed by atoms with Gasteiger partial charge >= 0.3 is 0 Å². The minimum atomic E-state index is 0. The summed E-state index contributed by atoms with van der Waals surface area (Å²) in [6.45, 7) is 0. The lowest BCUT2D eigenvalue weighted by atomic mass is 9.99. The van der Waals surface area contributed by atoms with E-state index in [-0.39, 0.29) is 1.43 Å². The number of nitrogens with one attached hydrogen (secondary N) is 1. The van der Waals surface area contributed by atoms with Gasteiger partial charge in [0, 0.05) is 48.5 Å². The molecule has 0 bridgehead atoms. The number of fused-ring (bicyclic) bond motifs is 12. The fourth-order valence-corrected chi connectivity index (χ4v) is 6.03. The van der Waals surface area contributed by atoms with Gasteiger partial charge in [-0.15, -0.1) is 11.3 Å². The van der Waals surface area contributed by atoms with Crippen molar-refractivity contribution in [2.45, 2.75) is 0 Å². The summed E-state index contributed by atoms with van der Waals surface area (Å²) in [6, 6.07) is 30.8. The van der Waals surface area contributed by atoms with Crippen molar-refractivity contribution in [2.24, 2.45) is 0 Å². The van der Waals surface area contributed by atoms with E-state index in [0.29, 0.717) is 0 Å². The standard InChI is InChI=1S/C26H15NS.H2/c1-2-8-16-15(7-1)13-14-20-22-23-19-11-5-6-12-21(19)28-26(23)18-10-4-3-9-17(18)25(22)27-24(16)20;/h1-14,27H;1H. The van der Waals surface area contributed by atoms with Crippen LogP contribution in [-0.2, 0) is 0 Å². The first kappa shape index (κ1) is 14.7. The summed E-state index contributed by atoms with van der Waals surface area (Å²) in [5, 5.41) is 10.6. The maximum Gasteiger partial charge on any atom is 0.0552 e. The van der Waals surface area contributed by atoms with E-state index >= 15 is 0 Å². The summed E-state index contributed by atoms with van der Waals surface area (Å²) < 4.78 is 2.74. The molecule has 1 N–H and O–H groups in total. The Balaban J connectivity index is 0.00000165. The molecule has 132 valence electrons. The van der Waals surface area contributed by atoms with Gasteiger partial charge in [0.05, 0.1) is 11.0 Å². The highest BCUT2D eigenvalue weighted by Crippen LogP contribution is 2.46. The predicted molar refractivity (Wildman–Crippen MR) is 126 cm³/mol. The third-order valence-electron chi connectivity index (χ3n) is 5.98. The molecule has 0 radical (unpaired) electrons. The fraction of sp³-hybridized carbons (Fsp3) is 0. The van der Waals surface area contributed by atoms with Crippen LogP contribution in [0.25, 0.3) is 63.5 Å². The lowest BCUT2D eigenvalue weighted by Crippen LogP contribution is -1.77. The van der Waals surface area contributed by atoms with Gasteiger partial charge in [-0.25, -0.2) is 0 Å². The molecule has 0 saturated carbocycles. The topological polar surface area (TPSA) is 15.8 Å². The highest BCUT2D eigenvalue weighted by atomic mass is 32.1. The van der Waals surface area contributed by atoms with Crippen LogP contribution in [0.3, 0.4) is 0 Å². The summed E-state index contributed by atoms with van der Waals surface area (Å²) in [7, 11) is 0. The summed E-state index contributed by atoms with van der Waals surface area (Å²) in [6.07, 6.45) is 0. The van der Waals surface area contributed by atoms with Crippen molar-refractivity contribution in [3.05, 3.63) is 84.9 Å². The molecule has 0 fully saturated rings. The SMILES string of the molecule is [HH].c1ccc2c(c1)ccc1c2[nH]c2c3ccccc3c3sc4ccccc4c3c12. The van der Waals surface area contributed by atoms with Gasteiger partial charge in [-0.3, -0.25) is 0 Å². The molecule has 0 spiro atoms. The van der Waals surface area contributed by atoms with Gasteiger partial charge in [0.15, 0.2) is 0 Å². The van der Waals surface area contributed by atoms with Gasteiger partial charge in [-0.2, -0.15) is 0 Å². The molecule has 7 aromatic rings. The first-order valence-corrected chi connectivity index (χ1v) is 10.4.